The van der Waals surface area contributed by atoms with E-state index in [0.29, 0.717) is 0 Å². The van der Waals surface area contributed by atoms with E-state index < -0.39 is 0 Å². The molecule has 1 fully saturated rings. The van der Waals surface area contributed by atoms with Gasteiger partial charge >= 0.3 is 5.97 Å². The van der Waals surface area contributed by atoms with Crippen molar-refractivity contribution in [3.63, 3.8) is 0 Å². The molecule has 1 rings (SSSR count). The van der Waals surface area contributed by atoms with E-state index in [1.807, 2.05) is 6.92 Å². The molecule has 3 nitrogen and oxygen atoms in total. The second-order valence-corrected chi connectivity index (χ2v) is 4.55. The predicted octanol–water partition coefficient (Wildman–Crippen LogP) is 2.68. The van der Waals surface area contributed by atoms with E-state index in [1.165, 1.54) is 26.2 Å². The fraction of sp³-hybridized carbons (Fsp3) is 0.917. The zero-order chi connectivity index (χ0) is 11.3. The highest BCUT2D eigenvalue weighted by molar-refractivity contribution is 5.66. The average molecular weight is 214 g/mol. The van der Waals surface area contributed by atoms with Gasteiger partial charge in [0.25, 0.3) is 0 Å². The third kappa shape index (κ3) is 4.20. The third-order valence-electron chi connectivity index (χ3n) is 2.91. The number of ether oxygens (including phenoxy) is 2. The lowest BCUT2D eigenvalue weighted by Gasteiger charge is -2.20. The maximum Gasteiger partial charge on any atom is 0.303 e. The minimum atomic E-state index is -0.202. The molecule has 0 bridgehead atoms. The number of hydrogen-bond donors (Lipinski definition) is 0. The number of carbonyl (C=O) groups is 1. The lowest BCUT2D eigenvalue weighted by Crippen LogP contribution is -2.31. The van der Waals surface area contributed by atoms with Crippen LogP contribution in [-0.4, -0.2) is 24.3 Å². The van der Waals surface area contributed by atoms with Crippen LogP contribution < -0.4 is 0 Å². The molecule has 0 saturated carbocycles. The summed E-state index contributed by atoms with van der Waals surface area (Å²) < 4.78 is 10.6. The zero-order valence-corrected chi connectivity index (χ0v) is 10.0. The van der Waals surface area contributed by atoms with Gasteiger partial charge in [0.15, 0.2) is 0 Å². The van der Waals surface area contributed by atoms with Gasteiger partial charge in [-0.2, -0.15) is 0 Å². The van der Waals surface area contributed by atoms with Gasteiger partial charge in [0.2, 0.25) is 0 Å². The maximum absolute atomic E-state index is 10.9. The molecule has 15 heavy (non-hydrogen) atoms. The highest BCUT2D eigenvalue weighted by atomic mass is 16.6. The van der Waals surface area contributed by atoms with Gasteiger partial charge in [-0.15, -0.1) is 0 Å². The van der Waals surface area contributed by atoms with E-state index in [1.54, 1.807) is 0 Å². The lowest BCUT2D eigenvalue weighted by molar-refractivity contribution is -0.150. The van der Waals surface area contributed by atoms with Crippen molar-refractivity contribution in [2.24, 2.45) is 0 Å². The summed E-state index contributed by atoms with van der Waals surface area (Å²) >= 11 is 0. The van der Waals surface area contributed by atoms with Crippen LogP contribution in [0, 0.1) is 0 Å². The van der Waals surface area contributed by atoms with Crippen LogP contribution in [0.4, 0.5) is 0 Å². The number of rotatable bonds is 7. The minimum absolute atomic E-state index is 0.0492. The monoisotopic (exact) mass is 214 g/mol. The molecule has 0 aromatic rings. The molecule has 0 aromatic carbocycles. The molecule has 1 saturated heterocycles. The standard InChI is InChI=1S/C12H22O3/c1-4-5-6-7-8-11(15-10(2)13)12(3)9-14-12/h11H,4-9H2,1-3H3. The van der Waals surface area contributed by atoms with Gasteiger partial charge in [-0.1, -0.05) is 26.2 Å². The van der Waals surface area contributed by atoms with E-state index in [2.05, 4.69) is 6.92 Å². The third-order valence-corrected chi connectivity index (χ3v) is 2.91. The Morgan fingerprint density at radius 1 is 1.47 bits per heavy atom. The molecule has 1 aliphatic heterocycles. The van der Waals surface area contributed by atoms with Gasteiger partial charge in [0, 0.05) is 6.92 Å². The number of hydrogen-bond acceptors (Lipinski definition) is 3. The molecule has 1 heterocycles. The van der Waals surface area contributed by atoms with Crippen LogP contribution in [0.15, 0.2) is 0 Å². The Bertz CT molecular complexity index is 209. The van der Waals surface area contributed by atoms with Crippen molar-refractivity contribution in [3.05, 3.63) is 0 Å². The van der Waals surface area contributed by atoms with Gasteiger partial charge < -0.3 is 9.47 Å². The number of carbonyl (C=O) groups excluding carboxylic acids is 1. The first-order chi connectivity index (χ1) is 7.08. The topological polar surface area (TPSA) is 38.8 Å². The van der Waals surface area contributed by atoms with Crippen molar-refractivity contribution in [3.8, 4) is 0 Å². The van der Waals surface area contributed by atoms with Crippen LogP contribution in [0.3, 0.4) is 0 Å². The zero-order valence-electron chi connectivity index (χ0n) is 10.0. The van der Waals surface area contributed by atoms with Crippen LogP contribution in [0.2, 0.25) is 0 Å². The van der Waals surface area contributed by atoms with Crippen LogP contribution in [-0.2, 0) is 14.3 Å². The summed E-state index contributed by atoms with van der Waals surface area (Å²) in [6, 6.07) is 0. The highest BCUT2D eigenvalue weighted by Gasteiger charge is 2.48. The molecule has 2 atom stereocenters. The Kier molecular flexibility index (Phi) is 4.58. The summed E-state index contributed by atoms with van der Waals surface area (Å²) in [7, 11) is 0. The lowest BCUT2D eigenvalue weighted by atomic mass is 9.99. The first-order valence-corrected chi connectivity index (χ1v) is 5.89. The van der Waals surface area contributed by atoms with Crippen molar-refractivity contribution < 1.29 is 14.3 Å². The van der Waals surface area contributed by atoms with E-state index in [4.69, 9.17) is 9.47 Å². The Morgan fingerprint density at radius 2 is 2.13 bits per heavy atom. The van der Waals surface area contributed by atoms with Gasteiger partial charge in [-0.25, -0.2) is 0 Å². The number of unbranched alkanes of at least 4 members (excludes halogenated alkanes) is 3. The molecule has 0 aromatic heterocycles. The van der Waals surface area contributed by atoms with E-state index in [-0.39, 0.29) is 17.7 Å². The Balaban J connectivity index is 2.27. The second-order valence-electron chi connectivity index (χ2n) is 4.55. The molecule has 0 aliphatic carbocycles. The smallest absolute Gasteiger partial charge is 0.303 e. The summed E-state index contributed by atoms with van der Waals surface area (Å²) in [5.74, 6) is -0.202. The Morgan fingerprint density at radius 3 is 2.60 bits per heavy atom. The van der Waals surface area contributed by atoms with Gasteiger partial charge in [0.1, 0.15) is 11.7 Å². The molecule has 3 heteroatoms. The second kappa shape index (κ2) is 5.50. The SMILES string of the molecule is CCCCCCC(OC(C)=O)C1(C)CO1. The van der Waals surface area contributed by atoms with Crippen molar-refractivity contribution in [2.45, 2.75) is 64.6 Å². The summed E-state index contributed by atoms with van der Waals surface area (Å²) in [5, 5.41) is 0. The fourth-order valence-electron chi connectivity index (χ4n) is 1.75. The molecular weight excluding hydrogens is 192 g/mol. The molecule has 1 aliphatic rings. The highest BCUT2D eigenvalue weighted by Crippen LogP contribution is 2.34. The molecule has 2 unspecified atom stereocenters. The van der Waals surface area contributed by atoms with E-state index in [9.17, 15) is 4.79 Å². The maximum atomic E-state index is 10.9. The largest absolute Gasteiger partial charge is 0.459 e. The molecule has 88 valence electrons. The normalized spacial score (nSPS) is 26.1. The first kappa shape index (κ1) is 12.5. The van der Waals surface area contributed by atoms with Crippen LogP contribution in [0.5, 0.6) is 0 Å². The van der Waals surface area contributed by atoms with Crippen molar-refractivity contribution in [2.75, 3.05) is 6.61 Å². The minimum Gasteiger partial charge on any atom is -0.459 e. The van der Waals surface area contributed by atoms with Crippen molar-refractivity contribution in [1.82, 2.24) is 0 Å². The quantitative estimate of drug-likeness (QED) is 0.371. The van der Waals surface area contributed by atoms with Crippen LogP contribution in [0.25, 0.3) is 0 Å². The fourth-order valence-corrected chi connectivity index (χ4v) is 1.75. The Labute approximate surface area is 92.1 Å². The molecule has 0 N–H and O–H groups in total. The number of esters is 1. The van der Waals surface area contributed by atoms with Gasteiger partial charge in [-0.3, -0.25) is 4.79 Å². The summed E-state index contributed by atoms with van der Waals surface area (Å²) in [6.07, 6.45) is 5.69. The Hall–Kier alpha value is -0.570. The van der Waals surface area contributed by atoms with Gasteiger partial charge in [0.05, 0.1) is 6.61 Å². The van der Waals surface area contributed by atoms with Gasteiger partial charge in [-0.05, 0) is 19.8 Å². The van der Waals surface area contributed by atoms with Crippen LogP contribution in [0.1, 0.15) is 52.9 Å². The van der Waals surface area contributed by atoms with E-state index in [0.717, 1.165) is 19.4 Å². The molecular formula is C12H22O3. The summed E-state index contributed by atoms with van der Waals surface area (Å²) in [4.78, 5) is 10.9. The summed E-state index contributed by atoms with van der Waals surface area (Å²) in [6.45, 7) is 6.39. The van der Waals surface area contributed by atoms with Crippen LogP contribution >= 0.6 is 0 Å². The molecule has 0 amide bonds. The average Bonchev–Trinajstić information content (AvgIpc) is 2.90. The predicted molar refractivity (Wildman–Crippen MR) is 58.7 cm³/mol. The molecule has 0 spiro atoms. The van der Waals surface area contributed by atoms with Crippen molar-refractivity contribution in [1.29, 1.82) is 0 Å². The number of epoxide rings is 1. The van der Waals surface area contributed by atoms with Crippen molar-refractivity contribution >= 4 is 5.97 Å². The molecule has 0 radical (unpaired) electrons. The first-order valence-electron chi connectivity index (χ1n) is 5.89. The summed E-state index contributed by atoms with van der Waals surface area (Å²) in [5.41, 5.74) is -0.197. The van der Waals surface area contributed by atoms with E-state index >= 15 is 0 Å².